The highest BCUT2D eigenvalue weighted by Gasteiger charge is 2.21. The van der Waals surface area contributed by atoms with Gasteiger partial charge in [-0.05, 0) is 30.3 Å². The number of nitrogens with zero attached hydrogens (tertiary/aromatic N) is 2. The SMILES string of the molecule is C=CCn1c(SCC(=O)NCC2COc3ccccc3O2)nc2ccc(Cl)cc2c1=O. The number of rotatable bonds is 7. The monoisotopic (exact) mass is 457 g/mol. The van der Waals surface area contributed by atoms with Crippen LogP contribution >= 0.6 is 23.4 Å². The Hall–Kier alpha value is -2.97. The number of ether oxygens (including phenoxy) is 2. The van der Waals surface area contributed by atoms with Crippen LogP contribution in [0.5, 0.6) is 11.5 Å². The number of carbonyl (C=O) groups excluding carboxylic acids is 1. The molecule has 4 rings (SSSR count). The summed E-state index contributed by atoms with van der Waals surface area (Å²) >= 11 is 7.21. The van der Waals surface area contributed by atoms with Gasteiger partial charge in [0.25, 0.3) is 5.56 Å². The number of aromatic nitrogens is 2. The highest BCUT2D eigenvalue weighted by Crippen LogP contribution is 2.30. The third-order valence-electron chi connectivity index (χ3n) is 4.62. The summed E-state index contributed by atoms with van der Waals surface area (Å²) in [6.45, 7) is 4.66. The first-order valence-electron chi connectivity index (χ1n) is 9.64. The number of hydrogen-bond acceptors (Lipinski definition) is 6. The minimum Gasteiger partial charge on any atom is -0.486 e. The van der Waals surface area contributed by atoms with Crippen LogP contribution in [0.15, 0.2) is 65.1 Å². The highest BCUT2D eigenvalue weighted by molar-refractivity contribution is 7.99. The topological polar surface area (TPSA) is 82.5 Å². The predicted octanol–water partition coefficient (Wildman–Crippen LogP) is 3.28. The highest BCUT2D eigenvalue weighted by atomic mass is 35.5. The molecule has 1 aliphatic rings. The van der Waals surface area contributed by atoms with Crippen LogP contribution in [-0.2, 0) is 11.3 Å². The van der Waals surface area contributed by atoms with Gasteiger partial charge in [0.05, 0.1) is 23.2 Å². The summed E-state index contributed by atoms with van der Waals surface area (Å²) < 4.78 is 13.0. The Balaban J connectivity index is 1.40. The lowest BCUT2D eigenvalue weighted by Gasteiger charge is -2.26. The van der Waals surface area contributed by atoms with Gasteiger partial charge in [-0.1, -0.05) is 41.6 Å². The van der Waals surface area contributed by atoms with Crippen molar-refractivity contribution >= 4 is 40.2 Å². The molecule has 3 aromatic rings. The fourth-order valence-corrected chi connectivity index (χ4v) is 4.16. The van der Waals surface area contributed by atoms with E-state index < -0.39 is 0 Å². The van der Waals surface area contributed by atoms with Gasteiger partial charge in [0.15, 0.2) is 16.7 Å². The van der Waals surface area contributed by atoms with Gasteiger partial charge < -0.3 is 14.8 Å². The molecule has 160 valence electrons. The third kappa shape index (κ3) is 4.86. The maximum atomic E-state index is 12.8. The smallest absolute Gasteiger partial charge is 0.262 e. The van der Waals surface area contributed by atoms with Gasteiger partial charge in [-0.15, -0.1) is 6.58 Å². The molecule has 1 aliphatic heterocycles. The van der Waals surface area contributed by atoms with Gasteiger partial charge in [-0.3, -0.25) is 14.2 Å². The number of halogens is 1. The maximum Gasteiger partial charge on any atom is 0.262 e. The number of hydrogen-bond donors (Lipinski definition) is 1. The Bertz CT molecular complexity index is 1200. The summed E-state index contributed by atoms with van der Waals surface area (Å²) in [6.07, 6.45) is 1.34. The van der Waals surface area contributed by atoms with Crippen molar-refractivity contribution in [2.24, 2.45) is 0 Å². The molecule has 0 bridgehead atoms. The number of allylic oxidation sites excluding steroid dienone is 1. The summed E-state index contributed by atoms with van der Waals surface area (Å²) in [5.41, 5.74) is 0.311. The van der Waals surface area contributed by atoms with Gasteiger partial charge in [-0.25, -0.2) is 4.98 Å². The molecule has 0 saturated carbocycles. The van der Waals surface area contributed by atoms with Gasteiger partial charge in [-0.2, -0.15) is 0 Å². The second-order valence-electron chi connectivity index (χ2n) is 6.85. The number of thioether (sulfide) groups is 1. The van der Waals surface area contributed by atoms with E-state index in [1.165, 1.54) is 16.3 Å². The molecule has 1 unspecified atom stereocenters. The number of amides is 1. The lowest BCUT2D eigenvalue weighted by atomic mass is 10.2. The van der Waals surface area contributed by atoms with Crippen LogP contribution in [0.3, 0.4) is 0 Å². The summed E-state index contributed by atoms with van der Waals surface area (Å²) in [5.74, 6) is 1.27. The van der Waals surface area contributed by atoms with Crippen molar-refractivity contribution in [2.75, 3.05) is 18.9 Å². The fraction of sp³-hybridized carbons (Fsp3) is 0.227. The molecule has 0 spiro atoms. The van der Waals surface area contributed by atoms with Crippen molar-refractivity contribution in [1.82, 2.24) is 14.9 Å². The van der Waals surface area contributed by atoms with E-state index in [4.69, 9.17) is 21.1 Å². The Morgan fingerprint density at radius 2 is 2.13 bits per heavy atom. The van der Waals surface area contributed by atoms with E-state index in [0.717, 1.165) is 0 Å². The van der Waals surface area contributed by atoms with Crippen molar-refractivity contribution in [2.45, 2.75) is 17.8 Å². The number of para-hydroxylation sites is 2. The average Bonchev–Trinajstić information content (AvgIpc) is 2.78. The van der Waals surface area contributed by atoms with Crippen molar-refractivity contribution in [1.29, 1.82) is 0 Å². The number of carbonyl (C=O) groups is 1. The van der Waals surface area contributed by atoms with Crippen LogP contribution in [0.25, 0.3) is 10.9 Å². The lowest BCUT2D eigenvalue weighted by Crippen LogP contribution is -2.41. The van der Waals surface area contributed by atoms with Gasteiger partial charge >= 0.3 is 0 Å². The van der Waals surface area contributed by atoms with E-state index in [1.807, 2.05) is 24.3 Å². The Labute approximate surface area is 188 Å². The molecular formula is C22H20ClN3O4S. The number of nitrogens with one attached hydrogen (secondary N) is 1. The minimum absolute atomic E-state index is 0.104. The zero-order chi connectivity index (χ0) is 21.8. The fourth-order valence-electron chi connectivity index (χ4n) is 3.15. The second-order valence-corrected chi connectivity index (χ2v) is 8.23. The van der Waals surface area contributed by atoms with Crippen molar-refractivity contribution in [3.63, 3.8) is 0 Å². The van der Waals surface area contributed by atoms with Crippen LogP contribution in [0, 0.1) is 0 Å². The average molecular weight is 458 g/mol. The number of benzene rings is 2. The first-order chi connectivity index (χ1) is 15.0. The molecule has 7 nitrogen and oxygen atoms in total. The molecule has 0 radical (unpaired) electrons. The molecule has 0 aliphatic carbocycles. The minimum atomic E-state index is -0.272. The molecular weight excluding hydrogens is 438 g/mol. The normalized spacial score (nSPS) is 14.9. The Morgan fingerprint density at radius 1 is 1.32 bits per heavy atom. The molecule has 2 aromatic carbocycles. The molecule has 1 amide bonds. The van der Waals surface area contributed by atoms with Gasteiger partial charge in [0.2, 0.25) is 5.91 Å². The summed E-state index contributed by atoms with van der Waals surface area (Å²) in [5, 5.41) is 4.19. The quantitative estimate of drug-likeness (QED) is 0.333. The van der Waals surface area contributed by atoms with Crippen LogP contribution in [0.2, 0.25) is 5.02 Å². The van der Waals surface area contributed by atoms with E-state index in [1.54, 1.807) is 24.3 Å². The van der Waals surface area contributed by atoms with Crippen molar-refractivity contribution < 1.29 is 14.3 Å². The number of fused-ring (bicyclic) bond motifs is 2. The molecule has 9 heteroatoms. The van der Waals surface area contributed by atoms with Crippen LogP contribution in [0.4, 0.5) is 0 Å². The molecule has 0 saturated heterocycles. The molecule has 1 aromatic heterocycles. The van der Waals surface area contributed by atoms with E-state index in [0.29, 0.717) is 45.7 Å². The van der Waals surface area contributed by atoms with Crippen LogP contribution < -0.4 is 20.3 Å². The van der Waals surface area contributed by atoms with E-state index >= 15 is 0 Å². The largest absolute Gasteiger partial charge is 0.486 e. The van der Waals surface area contributed by atoms with Crippen molar-refractivity contribution in [3.05, 3.63) is 70.5 Å². The van der Waals surface area contributed by atoms with Crippen molar-refractivity contribution in [3.8, 4) is 11.5 Å². The Kier molecular flexibility index (Phi) is 6.48. The summed E-state index contributed by atoms with van der Waals surface area (Å²) in [7, 11) is 0. The van der Waals surface area contributed by atoms with Gasteiger partial charge in [0.1, 0.15) is 12.7 Å². The van der Waals surface area contributed by atoms with E-state index in [2.05, 4.69) is 16.9 Å². The van der Waals surface area contributed by atoms with Crippen LogP contribution in [-0.4, -0.2) is 40.5 Å². The first-order valence-corrected chi connectivity index (χ1v) is 11.0. The lowest BCUT2D eigenvalue weighted by molar-refractivity contribution is -0.119. The second kappa shape index (κ2) is 9.45. The molecule has 31 heavy (non-hydrogen) atoms. The zero-order valence-corrected chi connectivity index (χ0v) is 18.1. The predicted molar refractivity (Wildman–Crippen MR) is 121 cm³/mol. The standard InChI is InChI=1S/C22H20ClN3O4S/c1-2-9-26-21(28)16-10-14(23)7-8-17(16)25-22(26)31-13-20(27)24-11-15-12-29-18-5-3-4-6-19(18)30-15/h2-8,10,15H,1,9,11-13H2,(H,24,27). The maximum absolute atomic E-state index is 12.8. The zero-order valence-electron chi connectivity index (χ0n) is 16.5. The molecule has 1 N–H and O–H groups in total. The first kappa shape index (κ1) is 21.3. The summed E-state index contributed by atoms with van der Waals surface area (Å²) in [6, 6.07) is 12.4. The molecule has 1 atom stereocenters. The van der Waals surface area contributed by atoms with Gasteiger partial charge in [0, 0.05) is 11.6 Å². The van der Waals surface area contributed by atoms with E-state index in [-0.39, 0.29) is 29.9 Å². The molecule has 2 heterocycles. The third-order valence-corrected chi connectivity index (χ3v) is 5.83. The van der Waals surface area contributed by atoms with Crippen LogP contribution in [0.1, 0.15) is 0 Å². The molecule has 0 fully saturated rings. The Morgan fingerprint density at radius 3 is 2.94 bits per heavy atom. The summed E-state index contributed by atoms with van der Waals surface area (Å²) in [4.78, 5) is 29.8. The van der Waals surface area contributed by atoms with E-state index in [9.17, 15) is 9.59 Å².